The predicted molar refractivity (Wildman–Crippen MR) is 82.9 cm³/mol. The van der Waals surface area contributed by atoms with Gasteiger partial charge in [-0.3, -0.25) is 4.79 Å². The van der Waals surface area contributed by atoms with Gasteiger partial charge >= 0.3 is 0 Å². The first-order valence-electron chi connectivity index (χ1n) is 6.60. The average molecular weight is 278 g/mol. The highest BCUT2D eigenvalue weighted by atomic mass is 32.1. The molecule has 0 saturated heterocycles. The lowest BCUT2D eigenvalue weighted by atomic mass is 9.86. The molecule has 19 heavy (non-hydrogen) atoms. The minimum atomic E-state index is -0.765. The van der Waals surface area contributed by atoms with E-state index < -0.39 is 5.41 Å². The number of hydrogen-bond donors (Lipinski definition) is 2. The number of nitrogens with two attached hydrogens (primary N) is 1. The molecule has 3 nitrogen and oxygen atoms in total. The molecule has 0 saturated carbocycles. The second-order valence-electron chi connectivity index (χ2n) is 4.90. The van der Waals surface area contributed by atoms with Gasteiger partial charge in [-0.25, -0.2) is 0 Å². The summed E-state index contributed by atoms with van der Waals surface area (Å²) in [6.07, 6.45) is 1.62. The SMILES string of the molecule is CCc1ccc(CNC(=O)C(C)(CC)C(N)=S)cc1. The lowest BCUT2D eigenvalue weighted by Crippen LogP contribution is -2.46. The first kappa shape index (κ1) is 15.6. The van der Waals surface area contributed by atoms with Crippen molar-refractivity contribution in [1.82, 2.24) is 5.32 Å². The van der Waals surface area contributed by atoms with E-state index in [-0.39, 0.29) is 10.9 Å². The molecular formula is C15H22N2OS. The smallest absolute Gasteiger partial charge is 0.233 e. The van der Waals surface area contributed by atoms with Crippen LogP contribution < -0.4 is 11.1 Å². The van der Waals surface area contributed by atoms with Crippen molar-refractivity contribution in [3.8, 4) is 0 Å². The molecule has 1 atom stereocenters. The Labute approximate surface area is 120 Å². The summed E-state index contributed by atoms with van der Waals surface area (Å²) < 4.78 is 0. The fourth-order valence-electron chi connectivity index (χ4n) is 1.72. The van der Waals surface area contributed by atoms with E-state index >= 15 is 0 Å². The number of thiocarbonyl (C=S) groups is 1. The van der Waals surface area contributed by atoms with Crippen molar-refractivity contribution in [2.24, 2.45) is 11.1 Å². The van der Waals surface area contributed by atoms with Gasteiger partial charge in [-0.05, 0) is 30.9 Å². The van der Waals surface area contributed by atoms with Crippen LogP contribution in [0.5, 0.6) is 0 Å². The molecular weight excluding hydrogens is 256 g/mol. The lowest BCUT2D eigenvalue weighted by Gasteiger charge is -2.25. The highest BCUT2D eigenvalue weighted by Gasteiger charge is 2.34. The van der Waals surface area contributed by atoms with Gasteiger partial charge in [0.05, 0.1) is 10.4 Å². The quantitative estimate of drug-likeness (QED) is 0.786. The van der Waals surface area contributed by atoms with Gasteiger partial charge in [0, 0.05) is 6.54 Å². The zero-order valence-electron chi connectivity index (χ0n) is 11.8. The Kier molecular flexibility index (Phi) is 5.48. The molecule has 0 aromatic heterocycles. The lowest BCUT2D eigenvalue weighted by molar-refractivity contribution is -0.127. The summed E-state index contributed by atoms with van der Waals surface area (Å²) in [5.74, 6) is -0.109. The molecule has 0 bridgehead atoms. The second-order valence-corrected chi connectivity index (χ2v) is 5.34. The first-order valence-corrected chi connectivity index (χ1v) is 7.00. The van der Waals surface area contributed by atoms with Crippen LogP contribution in [0.15, 0.2) is 24.3 Å². The van der Waals surface area contributed by atoms with Gasteiger partial charge in [-0.15, -0.1) is 0 Å². The summed E-state index contributed by atoms with van der Waals surface area (Å²) in [6, 6.07) is 8.22. The van der Waals surface area contributed by atoms with E-state index in [4.69, 9.17) is 18.0 Å². The number of hydrogen-bond acceptors (Lipinski definition) is 2. The second kappa shape index (κ2) is 6.66. The van der Waals surface area contributed by atoms with Crippen LogP contribution in [0.2, 0.25) is 0 Å². The van der Waals surface area contributed by atoms with Gasteiger partial charge in [-0.2, -0.15) is 0 Å². The topological polar surface area (TPSA) is 55.1 Å². The van der Waals surface area contributed by atoms with E-state index in [0.29, 0.717) is 13.0 Å². The molecule has 1 unspecified atom stereocenters. The van der Waals surface area contributed by atoms with E-state index in [0.717, 1.165) is 12.0 Å². The maximum atomic E-state index is 12.2. The van der Waals surface area contributed by atoms with Crippen molar-refractivity contribution in [2.75, 3.05) is 0 Å². The largest absolute Gasteiger partial charge is 0.392 e. The van der Waals surface area contributed by atoms with E-state index in [1.165, 1.54) is 5.56 Å². The zero-order chi connectivity index (χ0) is 14.5. The molecule has 4 heteroatoms. The Bertz CT molecular complexity index is 456. The number of aryl methyl sites for hydroxylation is 1. The number of nitrogens with one attached hydrogen (secondary N) is 1. The highest BCUT2D eigenvalue weighted by Crippen LogP contribution is 2.21. The van der Waals surface area contributed by atoms with E-state index in [1.807, 2.05) is 19.1 Å². The molecule has 0 aliphatic heterocycles. The Morgan fingerprint density at radius 2 is 1.79 bits per heavy atom. The summed E-state index contributed by atoms with van der Waals surface area (Å²) in [6.45, 7) is 6.31. The van der Waals surface area contributed by atoms with Crippen LogP contribution in [0.25, 0.3) is 0 Å². The summed E-state index contributed by atoms with van der Waals surface area (Å²) in [5, 5.41) is 2.90. The third-order valence-corrected chi connectivity index (χ3v) is 4.09. The molecule has 0 fully saturated rings. The number of carbonyl (C=O) groups excluding carboxylic acids is 1. The maximum Gasteiger partial charge on any atom is 0.233 e. The molecule has 0 spiro atoms. The minimum Gasteiger partial charge on any atom is -0.392 e. The third kappa shape index (κ3) is 3.77. The molecule has 0 heterocycles. The van der Waals surface area contributed by atoms with Crippen LogP contribution in [0.1, 0.15) is 38.3 Å². The first-order chi connectivity index (χ1) is 8.93. The van der Waals surface area contributed by atoms with Crippen LogP contribution in [0.4, 0.5) is 0 Å². The summed E-state index contributed by atoms with van der Waals surface area (Å²) in [7, 11) is 0. The van der Waals surface area contributed by atoms with Crippen LogP contribution >= 0.6 is 12.2 Å². The number of carbonyl (C=O) groups is 1. The van der Waals surface area contributed by atoms with Crippen molar-refractivity contribution < 1.29 is 4.79 Å². The average Bonchev–Trinajstić information content (AvgIpc) is 2.44. The van der Waals surface area contributed by atoms with Crippen LogP contribution in [-0.4, -0.2) is 10.9 Å². The minimum absolute atomic E-state index is 0.109. The Morgan fingerprint density at radius 1 is 1.26 bits per heavy atom. The van der Waals surface area contributed by atoms with Crippen LogP contribution in [0.3, 0.4) is 0 Å². The van der Waals surface area contributed by atoms with Crippen molar-refractivity contribution >= 4 is 23.1 Å². The molecule has 3 N–H and O–H groups in total. The molecule has 1 rings (SSSR count). The van der Waals surface area contributed by atoms with E-state index in [2.05, 4.69) is 24.4 Å². The fourth-order valence-corrected chi connectivity index (χ4v) is 1.95. The fraction of sp³-hybridized carbons (Fsp3) is 0.467. The standard InChI is InChI=1S/C15H22N2OS/c1-4-11-6-8-12(9-7-11)10-17-14(18)15(3,5-2)13(16)19/h6-9H,4-5,10H2,1-3H3,(H2,16,19)(H,17,18). The van der Waals surface area contributed by atoms with E-state index in [9.17, 15) is 4.79 Å². The monoisotopic (exact) mass is 278 g/mol. The van der Waals surface area contributed by atoms with Crippen LogP contribution in [-0.2, 0) is 17.8 Å². The van der Waals surface area contributed by atoms with Gasteiger partial charge < -0.3 is 11.1 Å². The molecule has 104 valence electrons. The van der Waals surface area contributed by atoms with Gasteiger partial charge in [0.15, 0.2) is 0 Å². The Balaban J connectivity index is 2.65. The van der Waals surface area contributed by atoms with Crippen molar-refractivity contribution in [1.29, 1.82) is 0 Å². The van der Waals surface area contributed by atoms with Crippen LogP contribution in [0, 0.1) is 5.41 Å². The summed E-state index contributed by atoms with van der Waals surface area (Å²) >= 11 is 4.99. The zero-order valence-corrected chi connectivity index (χ0v) is 12.6. The van der Waals surface area contributed by atoms with Gasteiger partial charge in [-0.1, -0.05) is 50.3 Å². The normalized spacial score (nSPS) is 13.6. The summed E-state index contributed by atoms with van der Waals surface area (Å²) in [5.41, 5.74) is 7.26. The molecule has 0 aliphatic carbocycles. The molecule has 1 aromatic rings. The molecule has 1 amide bonds. The van der Waals surface area contributed by atoms with Crippen molar-refractivity contribution in [2.45, 2.75) is 40.2 Å². The highest BCUT2D eigenvalue weighted by molar-refractivity contribution is 7.80. The Hall–Kier alpha value is -1.42. The molecule has 0 aliphatic rings. The molecule has 1 aromatic carbocycles. The van der Waals surface area contributed by atoms with Crippen molar-refractivity contribution in [3.63, 3.8) is 0 Å². The van der Waals surface area contributed by atoms with Gasteiger partial charge in [0.1, 0.15) is 0 Å². The number of rotatable bonds is 6. The summed E-state index contributed by atoms with van der Waals surface area (Å²) in [4.78, 5) is 12.4. The van der Waals surface area contributed by atoms with Gasteiger partial charge in [0.25, 0.3) is 0 Å². The number of amides is 1. The Morgan fingerprint density at radius 3 is 2.21 bits per heavy atom. The number of benzene rings is 1. The predicted octanol–water partition coefficient (Wildman–Crippen LogP) is 2.57. The van der Waals surface area contributed by atoms with E-state index in [1.54, 1.807) is 6.92 Å². The molecule has 0 radical (unpaired) electrons. The van der Waals surface area contributed by atoms with Crippen molar-refractivity contribution in [3.05, 3.63) is 35.4 Å². The van der Waals surface area contributed by atoms with Gasteiger partial charge in [0.2, 0.25) is 5.91 Å². The maximum absolute atomic E-state index is 12.2. The third-order valence-electron chi connectivity index (χ3n) is 3.64.